The molecule has 0 bridgehead atoms. The Kier molecular flexibility index (Phi) is 5.15. The van der Waals surface area contributed by atoms with Crippen LogP contribution in [0.15, 0.2) is 42.7 Å². The van der Waals surface area contributed by atoms with Gasteiger partial charge in [-0.2, -0.15) is 5.26 Å². The van der Waals surface area contributed by atoms with Crippen LogP contribution >= 0.6 is 0 Å². The van der Waals surface area contributed by atoms with Crippen molar-refractivity contribution in [3.05, 3.63) is 82.3 Å². The van der Waals surface area contributed by atoms with E-state index in [9.17, 15) is 23.6 Å². The van der Waals surface area contributed by atoms with Crippen LogP contribution in [0.2, 0.25) is 0 Å². The average Bonchev–Trinajstić information content (AvgIpc) is 3.60. The number of halogens is 2. The molecule has 0 radical (unpaired) electrons. The van der Waals surface area contributed by atoms with E-state index in [0.29, 0.717) is 22.8 Å². The van der Waals surface area contributed by atoms with E-state index >= 15 is 0 Å². The highest BCUT2D eigenvalue weighted by molar-refractivity contribution is 6.10. The first-order valence-electron chi connectivity index (χ1n) is 11.6. The average molecular weight is 496 g/mol. The quantitative estimate of drug-likeness (QED) is 0.376. The van der Waals surface area contributed by atoms with Gasteiger partial charge in [0, 0.05) is 35.3 Å². The van der Waals surface area contributed by atoms with Gasteiger partial charge in [-0.25, -0.2) is 13.8 Å². The Bertz CT molecular complexity index is 1670. The third-order valence-corrected chi connectivity index (χ3v) is 6.77. The standard InChI is InChI=1S/C27H18F2N6O2/c1-34-13-31-33-26(34)19-6-14(10-30)2-5-18(19)16-8-22(15-3-4-15)32-23(9-16)35-11-21-20(27(35)37)7-17(12-36)24(28)25(21)29/h2,5-9,12-13,15H,3-4,11H2,1H3. The molecule has 0 saturated heterocycles. The molecule has 1 amide bonds. The first-order chi connectivity index (χ1) is 17.9. The highest BCUT2D eigenvalue weighted by atomic mass is 19.2. The Labute approximate surface area is 209 Å². The van der Waals surface area contributed by atoms with Crippen molar-refractivity contribution in [2.75, 3.05) is 4.90 Å². The number of aryl methyl sites for hydroxylation is 1. The molecule has 3 heterocycles. The molecule has 37 heavy (non-hydrogen) atoms. The van der Waals surface area contributed by atoms with Crippen LogP contribution < -0.4 is 4.90 Å². The molecule has 4 aromatic rings. The summed E-state index contributed by atoms with van der Waals surface area (Å²) in [4.78, 5) is 30.5. The molecular weight excluding hydrogens is 478 g/mol. The fourth-order valence-electron chi connectivity index (χ4n) is 4.67. The molecule has 8 nitrogen and oxygen atoms in total. The Balaban J connectivity index is 1.50. The van der Waals surface area contributed by atoms with E-state index in [1.807, 2.05) is 12.1 Å². The van der Waals surface area contributed by atoms with Crippen molar-refractivity contribution < 1.29 is 18.4 Å². The topological polar surface area (TPSA) is 105 Å². The third-order valence-electron chi connectivity index (χ3n) is 6.77. The number of hydrogen-bond acceptors (Lipinski definition) is 6. The fraction of sp³-hybridized carbons (Fsp3) is 0.185. The van der Waals surface area contributed by atoms with Crippen LogP contribution in [0.4, 0.5) is 14.6 Å². The summed E-state index contributed by atoms with van der Waals surface area (Å²) >= 11 is 0. The third kappa shape index (κ3) is 3.67. The van der Waals surface area contributed by atoms with Crippen molar-refractivity contribution in [3.63, 3.8) is 0 Å². The van der Waals surface area contributed by atoms with Gasteiger partial charge in [0.25, 0.3) is 5.91 Å². The summed E-state index contributed by atoms with van der Waals surface area (Å²) in [7, 11) is 1.80. The largest absolute Gasteiger partial charge is 0.317 e. The molecule has 6 rings (SSSR count). The minimum absolute atomic E-state index is 0.0562. The maximum Gasteiger partial charge on any atom is 0.260 e. The minimum Gasteiger partial charge on any atom is -0.317 e. The zero-order chi connectivity index (χ0) is 25.8. The number of carbonyl (C=O) groups is 2. The van der Waals surface area contributed by atoms with E-state index in [-0.39, 0.29) is 29.9 Å². The van der Waals surface area contributed by atoms with E-state index in [1.165, 1.54) is 4.90 Å². The summed E-state index contributed by atoms with van der Waals surface area (Å²) < 4.78 is 30.7. The zero-order valence-corrected chi connectivity index (χ0v) is 19.6. The number of nitrogens with zero attached hydrogens (tertiary/aromatic N) is 6. The number of hydrogen-bond donors (Lipinski definition) is 0. The van der Waals surface area contributed by atoms with Crippen molar-refractivity contribution >= 4 is 18.0 Å². The number of fused-ring (bicyclic) bond motifs is 1. The maximum atomic E-state index is 14.7. The molecule has 182 valence electrons. The predicted octanol–water partition coefficient (Wildman–Crippen LogP) is 4.54. The predicted molar refractivity (Wildman–Crippen MR) is 129 cm³/mol. The van der Waals surface area contributed by atoms with Crippen molar-refractivity contribution in [2.45, 2.75) is 25.3 Å². The van der Waals surface area contributed by atoms with Crippen molar-refractivity contribution in [3.8, 4) is 28.6 Å². The minimum atomic E-state index is -1.27. The smallest absolute Gasteiger partial charge is 0.260 e. The summed E-state index contributed by atoms with van der Waals surface area (Å²) in [6.45, 7) is -0.208. The molecule has 1 saturated carbocycles. The Hall–Kier alpha value is -4.78. The van der Waals surface area contributed by atoms with Gasteiger partial charge in [-0.05, 0) is 54.3 Å². The first kappa shape index (κ1) is 22.7. The number of anilines is 1. The molecule has 1 aliphatic carbocycles. The number of carbonyl (C=O) groups excluding carboxylic acids is 2. The number of rotatable bonds is 5. The van der Waals surface area contributed by atoms with Gasteiger partial charge in [0.15, 0.2) is 23.7 Å². The molecular formula is C27H18F2N6O2. The molecule has 1 aliphatic heterocycles. The molecule has 1 fully saturated rings. The van der Waals surface area contributed by atoms with E-state index in [4.69, 9.17) is 4.98 Å². The second kappa shape index (κ2) is 8.41. The van der Waals surface area contributed by atoms with Gasteiger partial charge < -0.3 is 4.57 Å². The Morgan fingerprint density at radius 3 is 2.57 bits per heavy atom. The molecule has 0 unspecified atom stereocenters. The number of nitriles is 1. The molecule has 0 spiro atoms. The van der Waals surface area contributed by atoms with Crippen molar-refractivity contribution in [1.82, 2.24) is 19.7 Å². The van der Waals surface area contributed by atoms with Gasteiger partial charge >= 0.3 is 0 Å². The van der Waals surface area contributed by atoms with E-state index in [0.717, 1.165) is 35.7 Å². The second-order valence-electron chi connectivity index (χ2n) is 9.18. The van der Waals surface area contributed by atoms with Crippen molar-refractivity contribution in [2.24, 2.45) is 7.05 Å². The van der Waals surface area contributed by atoms with Gasteiger partial charge in [-0.3, -0.25) is 14.5 Å². The maximum absolute atomic E-state index is 14.7. The molecule has 2 aromatic carbocycles. The lowest BCUT2D eigenvalue weighted by Gasteiger charge is -2.18. The van der Waals surface area contributed by atoms with Gasteiger partial charge in [-0.15, -0.1) is 10.2 Å². The highest BCUT2D eigenvalue weighted by Crippen LogP contribution is 2.43. The van der Waals surface area contributed by atoms with Crippen LogP contribution in [0.1, 0.15) is 56.3 Å². The fourth-order valence-corrected chi connectivity index (χ4v) is 4.67. The molecule has 0 N–H and O–H groups in total. The second-order valence-corrected chi connectivity index (χ2v) is 9.18. The molecule has 0 atom stereocenters. The number of benzene rings is 2. The Morgan fingerprint density at radius 1 is 1.08 bits per heavy atom. The highest BCUT2D eigenvalue weighted by Gasteiger charge is 2.36. The zero-order valence-electron chi connectivity index (χ0n) is 19.6. The van der Waals surface area contributed by atoms with Gasteiger partial charge in [-0.1, -0.05) is 6.07 Å². The van der Waals surface area contributed by atoms with Crippen molar-refractivity contribution in [1.29, 1.82) is 5.26 Å². The van der Waals surface area contributed by atoms with E-state index < -0.39 is 23.1 Å². The molecule has 2 aromatic heterocycles. The number of amides is 1. The van der Waals surface area contributed by atoms with Crippen LogP contribution in [0.5, 0.6) is 0 Å². The van der Waals surface area contributed by atoms with Crippen LogP contribution in [-0.2, 0) is 13.6 Å². The summed E-state index contributed by atoms with van der Waals surface area (Å²) in [5, 5.41) is 17.6. The number of pyridine rings is 1. The number of aromatic nitrogens is 4. The van der Waals surface area contributed by atoms with Crippen LogP contribution in [-0.4, -0.2) is 31.9 Å². The summed E-state index contributed by atoms with van der Waals surface area (Å²) in [6.07, 6.45) is 3.66. The summed E-state index contributed by atoms with van der Waals surface area (Å²) in [5.41, 5.74) is 2.74. The van der Waals surface area contributed by atoms with Gasteiger partial charge in [0.1, 0.15) is 12.1 Å². The Morgan fingerprint density at radius 2 is 1.89 bits per heavy atom. The van der Waals surface area contributed by atoms with Crippen LogP contribution in [0.25, 0.3) is 22.5 Å². The molecule has 2 aliphatic rings. The van der Waals surface area contributed by atoms with Gasteiger partial charge in [0.2, 0.25) is 0 Å². The summed E-state index contributed by atoms with van der Waals surface area (Å²) in [6, 6.07) is 12.1. The SMILES string of the molecule is Cn1cnnc1-c1cc(C#N)ccc1-c1cc(C2CC2)nc(N2Cc3c(cc(C=O)c(F)c3F)C2=O)c1. The number of aldehydes is 1. The van der Waals surface area contributed by atoms with E-state index in [2.05, 4.69) is 16.3 Å². The van der Waals surface area contributed by atoms with Crippen LogP contribution in [0, 0.1) is 23.0 Å². The first-order valence-corrected chi connectivity index (χ1v) is 11.6. The lowest BCUT2D eigenvalue weighted by atomic mass is 9.96. The lowest BCUT2D eigenvalue weighted by Crippen LogP contribution is -2.24. The normalized spacial score (nSPS) is 14.5. The van der Waals surface area contributed by atoms with Gasteiger partial charge in [0.05, 0.1) is 23.7 Å². The lowest BCUT2D eigenvalue weighted by molar-refractivity contribution is 0.0996. The molecule has 10 heteroatoms. The van der Waals surface area contributed by atoms with Crippen LogP contribution in [0.3, 0.4) is 0 Å². The summed E-state index contributed by atoms with van der Waals surface area (Å²) in [5.74, 6) is -1.95. The van der Waals surface area contributed by atoms with E-state index in [1.54, 1.807) is 36.1 Å². The monoisotopic (exact) mass is 496 g/mol.